The first kappa shape index (κ1) is 21.6. The summed E-state index contributed by atoms with van der Waals surface area (Å²) in [4.78, 5) is 15.0. The fourth-order valence-electron chi connectivity index (χ4n) is 4.42. The second-order valence-corrected chi connectivity index (χ2v) is 10.6. The first-order chi connectivity index (χ1) is 14.6. The zero-order valence-electron chi connectivity index (χ0n) is 18.3. The summed E-state index contributed by atoms with van der Waals surface area (Å²) in [6, 6.07) is 7.97. The quantitative estimate of drug-likeness (QED) is 0.605. The highest BCUT2D eigenvalue weighted by Gasteiger charge is 2.27. The molecule has 1 fully saturated rings. The molecule has 1 aliphatic rings. The van der Waals surface area contributed by atoms with Gasteiger partial charge < -0.3 is 9.47 Å². The fourth-order valence-corrected chi connectivity index (χ4v) is 6.14. The average Bonchev–Trinajstić information content (AvgIpc) is 2.72. The number of sulfone groups is 1. The molecule has 3 aromatic rings. The lowest BCUT2D eigenvalue weighted by Crippen LogP contribution is -2.35. The van der Waals surface area contributed by atoms with Crippen LogP contribution in [-0.2, 0) is 16.9 Å². The van der Waals surface area contributed by atoms with Crippen molar-refractivity contribution in [2.45, 2.75) is 43.4 Å². The van der Waals surface area contributed by atoms with Crippen LogP contribution in [0.5, 0.6) is 0 Å². The monoisotopic (exact) mass is 442 g/mol. The molecule has 0 N–H and O–H groups in total. The van der Waals surface area contributed by atoms with Gasteiger partial charge in [0.1, 0.15) is 10.7 Å². The van der Waals surface area contributed by atoms with Crippen LogP contribution in [0.15, 0.2) is 51.1 Å². The summed E-state index contributed by atoms with van der Waals surface area (Å²) in [5, 5.41) is 0.0696. The molecule has 0 unspecified atom stereocenters. The molecule has 1 aliphatic heterocycles. The number of aryl methyl sites for hydroxylation is 3. The topological polar surface area (TPSA) is 59.4 Å². The minimum atomic E-state index is -4.05. The van der Waals surface area contributed by atoms with Crippen molar-refractivity contribution in [3.8, 4) is 0 Å². The number of nitrogens with zero attached hydrogens (tertiary/aromatic N) is 2. The van der Waals surface area contributed by atoms with Gasteiger partial charge in [0.05, 0.1) is 21.5 Å². The van der Waals surface area contributed by atoms with Crippen molar-refractivity contribution in [3.05, 3.63) is 63.7 Å². The molecule has 0 amide bonds. The molecule has 7 heteroatoms. The number of fused-ring (bicyclic) bond motifs is 1. The number of aromatic nitrogens is 1. The van der Waals surface area contributed by atoms with Crippen LogP contribution >= 0.6 is 0 Å². The SMILES string of the molecule is Cc1ccc(C)c(S(=O)(=O)c2cn(C)c3cc(N4CCC[C@H](C)C4)c(F)cc3c2=O)c1. The summed E-state index contributed by atoms with van der Waals surface area (Å²) in [7, 11) is -2.37. The van der Waals surface area contributed by atoms with Crippen molar-refractivity contribution in [3.63, 3.8) is 0 Å². The van der Waals surface area contributed by atoms with E-state index in [1.54, 1.807) is 43.7 Å². The summed E-state index contributed by atoms with van der Waals surface area (Å²) in [6.45, 7) is 7.17. The molecule has 1 saturated heterocycles. The van der Waals surface area contributed by atoms with Gasteiger partial charge in [0.2, 0.25) is 15.3 Å². The van der Waals surface area contributed by atoms with Gasteiger partial charge >= 0.3 is 0 Å². The molecule has 2 aromatic carbocycles. The fraction of sp³-hybridized carbons (Fsp3) is 0.375. The van der Waals surface area contributed by atoms with Crippen molar-refractivity contribution in [2.75, 3.05) is 18.0 Å². The molecule has 0 radical (unpaired) electrons. The van der Waals surface area contributed by atoms with Crippen LogP contribution < -0.4 is 10.3 Å². The molecule has 2 heterocycles. The predicted octanol–water partition coefficient (Wildman–Crippen LogP) is 4.36. The molecule has 31 heavy (non-hydrogen) atoms. The van der Waals surface area contributed by atoms with E-state index in [0.717, 1.165) is 31.5 Å². The summed E-state index contributed by atoms with van der Waals surface area (Å²) < 4.78 is 43.4. The zero-order chi connectivity index (χ0) is 22.5. The van der Waals surface area contributed by atoms with Gasteiger partial charge in [-0.15, -0.1) is 0 Å². The van der Waals surface area contributed by atoms with E-state index in [-0.39, 0.29) is 15.2 Å². The van der Waals surface area contributed by atoms with Crippen molar-refractivity contribution in [1.82, 2.24) is 4.57 Å². The lowest BCUT2D eigenvalue weighted by atomic mass is 9.99. The van der Waals surface area contributed by atoms with Gasteiger partial charge in [-0.2, -0.15) is 0 Å². The molecule has 5 nitrogen and oxygen atoms in total. The van der Waals surface area contributed by atoms with Gasteiger partial charge in [-0.1, -0.05) is 19.1 Å². The molecule has 4 rings (SSSR count). The van der Waals surface area contributed by atoms with Crippen LogP contribution in [0.2, 0.25) is 0 Å². The van der Waals surface area contributed by atoms with Crippen molar-refractivity contribution in [2.24, 2.45) is 13.0 Å². The highest BCUT2D eigenvalue weighted by molar-refractivity contribution is 7.91. The lowest BCUT2D eigenvalue weighted by molar-refractivity contribution is 0.442. The van der Waals surface area contributed by atoms with E-state index in [0.29, 0.717) is 22.7 Å². The van der Waals surface area contributed by atoms with Gasteiger partial charge in [-0.3, -0.25) is 4.79 Å². The van der Waals surface area contributed by atoms with Crippen LogP contribution in [0.25, 0.3) is 10.9 Å². The van der Waals surface area contributed by atoms with Crippen molar-refractivity contribution in [1.29, 1.82) is 0 Å². The largest absolute Gasteiger partial charge is 0.369 e. The lowest BCUT2D eigenvalue weighted by Gasteiger charge is -2.33. The van der Waals surface area contributed by atoms with Gasteiger partial charge in [0, 0.05) is 26.3 Å². The Bertz CT molecular complexity index is 1350. The minimum Gasteiger partial charge on any atom is -0.369 e. The predicted molar refractivity (Wildman–Crippen MR) is 121 cm³/mol. The third kappa shape index (κ3) is 3.76. The van der Waals surface area contributed by atoms with E-state index in [4.69, 9.17) is 0 Å². The Hall–Kier alpha value is -2.67. The molecule has 0 saturated carbocycles. The van der Waals surface area contributed by atoms with E-state index in [1.807, 2.05) is 11.0 Å². The summed E-state index contributed by atoms with van der Waals surface area (Å²) >= 11 is 0. The third-order valence-corrected chi connectivity index (χ3v) is 8.03. The maximum absolute atomic E-state index is 15.1. The zero-order valence-corrected chi connectivity index (χ0v) is 19.1. The Morgan fingerprint density at radius 3 is 2.55 bits per heavy atom. The molecule has 0 aliphatic carbocycles. The molecular formula is C24H27FN2O3S. The van der Waals surface area contributed by atoms with E-state index in [1.165, 1.54) is 12.3 Å². The van der Waals surface area contributed by atoms with Crippen LogP contribution in [0.3, 0.4) is 0 Å². The Kier molecular flexibility index (Phi) is 5.41. The second kappa shape index (κ2) is 7.79. The molecule has 0 spiro atoms. The Balaban J connectivity index is 1.90. The van der Waals surface area contributed by atoms with Crippen molar-refractivity contribution >= 4 is 26.4 Å². The van der Waals surface area contributed by atoms with Gasteiger partial charge in [0.25, 0.3) is 0 Å². The maximum atomic E-state index is 15.1. The number of halogens is 1. The van der Waals surface area contributed by atoms with E-state index < -0.39 is 21.1 Å². The number of piperidine rings is 1. The molecular weight excluding hydrogens is 415 g/mol. The first-order valence-electron chi connectivity index (χ1n) is 10.5. The summed E-state index contributed by atoms with van der Waals surface area (Å²) in [5.41, 5.74) is 1.65. The number of rotatable bonds is 3. The summed E-state index contributed by atoms with van der Waals surface area (Å²) in [6.07, 6.45) is 3.46. The van der Waals surface area contributed by atoms with Crippen molar-refractivity contribution < 1.29 is 12.8 Å². The highest BCUT2D eigenvalue weighted by Crippen LogP contribution is 2.30. The van der Waals surface area contributed by atoms with Crippen LogP contribution in [0, 0.1) is 25.6 Å². The molecule has 0 bridgehead atoms. The normalized spacial score (nSPS) is 17.3. The van der Waals surface area contributed by atoms with Gasteiger partial charge in [-0.25, -0.2) is 12.8 Å². The van der Waals surface area contributed by atoms with E-state index >= 15 is 4.39 Å². The summed E-state index contributed by atoms with van der Waals surface area (Å²) in [5.74, 6) is -0.0299. The molecule has 164 valence electrons. The van der Waals surface area contributed by atoms with Crippen LogP contribution in [0.1, 0.15) is 30.9 Å². The Labute approximate surface area is 182 Å². The maximum Gasteiger partial charge on any atom is 0.212 e. The molecule has 1 atom stereocenters. The number of benzene rings is 2. The highest BCUT2D eigenvalue weighted by atomic mass is 32.2. The van der Waals surface area contributed by atoms with Gasteiger partial charge in [-0.05, 0) is 61.9 Å². The number of hydrogen-bond acceptors (Lipinski definition) is 4. The number of pyridine rings is 1. The first-order valence-corrected chi connectivity index (χ1v) is 12.0. The third-order valence-electron chi connectivity index (χ3n) is 6.14. The molecule has 1 aromatic heterocycles. The van der Waals surface area contributed by atoms with Crippen LogP contribution in [0.4, 0.5) is 10.1 Å². The van der Waals surface area contributed by atoms with E-state index in [9.17, 15) is 13.2 Å². The minimum absolute atomic E-state index is 0.0696. The Morgan fingerprint density at radius 1 is 1.10 bits per heavy atom. The smallest absolute Gasteiger partial charge is 0.212 e. The number of hydrogen-bond donors (Lipinski definition) is 0. The average molecular weight is 443 g/mol. The standard InChI is InChI=1S/C24H27FN2O3S/c1-15-7-8-17(3)22(10-15)31(29,30)23-14-26(4)20-12-21(19(25)11-18(20)24(23)28)27-9-5-6-16(2)13-27/h7-8,10-12,14,16H,5-6,9,13H2,1-4H3/t16-/m0/s1. The Morgan fingerprint density at radius 2 is 1.84 bits per heavy atom. The van der Waals surface area contributed by atoms with E-state index in [2.05, 4.69) is 6.92 Å². The van der Waals surface area contributed by atoms with Gasteiger partial charge in [0.15, 0.2) is 0 Å². The van der Waals surface area contributed by atoms with Crippen LogP contribution in [-0.4, -0.2) is 26.1 Å². The second-order valence-electron chi connectivity index (χ2n) is 8.72. The number of anilines is 1.